The first-order valence-corrected chi connectivity index (χ1v) is 10.1. The summed E-state index contributed by atoms with van der Waals surface area (Å²) < 4.78 is 26.8. The molecule has 0 spiro atoms. The van der Waals surface area contributed by atoms with Gasteiger partial charge in [-0.2, -0.15) is 16.1 Å². The molecule has 4 nitrogen and oxygen atoms in total. The molecule has 21 heavy (non-hydrogen) atoms. The number of benzene rings is 1. The van der Waals surface area contributed by atoms with E-state index < -0.39 is 10.0 Å². The molecule has 120 valence electrons. The van der Waals surface area contributed by atoms with Gasteiger partial charge in [0.05, 0.1) is 4.90 Å². The molecule has 0 bridgehead atoms. The fourth-order valence-electron chi connectivity index (χ4n) is 2.08. The third-order valence-corrected chi connectivity index (χ3v) is 6.17. The molecule has 0 saturated heterocycles. The lowest BCUT2D eigenvalue weighted by Crippen LogP contribution is -2.38. The van der Waals surface area contributed by atoms with Gasteiger partial charge in [-0.05, 0) is 36.9 Å². The molecule has 1 N–H and O–H groups in total. The van der Waals surface area contributed by atoms with Crippen molar-refractivity contribution in [2.24, 2.45) is 0 Å². The summed E-state index contributed by atoms with van der Waals surface area (Å²) in [4.78, 5) is 0.366. The molecule has 1 aromatic rings. The molecule has 0 radical (unpaired) electrons. The Morgan fingerprint density at radius 1 is 1.24 bits per heavy atom. The topological polar surface area (TPSA) is 49.4 Å². The standard InChI is InChI=1S/C15H26N2O2S2/c1-5-14(12-20-4)17(3)21(18,19)15-9-7-13(8-10-15)11-16-6-2/h7-10,14,16H,5-6,11-12H2,1-4H3. The lowest BCUT2D eigenvalue weighted by atomic mass is 10.2. The van der Waals surface area contributed by atoms with Crippen LogP contribution in [0.25, 0.3) is 0 Å². The van der Waals surface area contributed by atoms with E-state index in [-0.39, 0.29) is 6.04 Å². The van der Waals surface area contributed by atoms with Crippen LogP contribution >= 0.6 is 11.8 Å². The predicted molar refractivity (Wildman–Crippen MR) is 91.2 cm³/mol. The number of nitrogens with zero attached hydrogens (tertiary/aromatic N) is 1. The van der Waals surface area contributed by atoms with Gasteiger partial charge in [0.1, 0.15) is 0 Å². The van der Waals surface area contributed by atoms with Gasteiger partial charge in [0.15, 0.2) is 0 Å². The van der Waals surface area contributed by atoms with E-state index in [9.17, 15) is 8.42 Å². The Balaban J connectivity index is 2.91. The molecule has 0 aliphatic rings. The first kappa shape index (κ1) is 18.5. The van der Waals surface area contributed by atoms with Crippen LogP contribution in [-0.4, -0.2) is 44.4 Å². The maximum atomic E-state index is 12.6. The number of hydrogen-bond acceptors (Lipinski definition) is 4. The van der Waals surface area contributed by atoms with Gasteiger partial charge in [-0.15, -0.1) is 0 Å². The lowest BCUT2D eigenvalue weighted by Gasteiger charge is -2.26. The molecule has 1 unspecified atom stereocenters. The molecular formula is C15H26N2O2S2. The van der Waals surface area contributed by atoms with Crippen LogP contribution in [0.5, 0.6) is 0 Å². The van der Waals surface area contributed by atoms with Gasteiger partial charge < -0.3 is 5.32 Å². The summed E-state index contributed by atoms with van der Waals surface area (Å²) in [6, 6.07) is 7.18. The van der Waals surface area contributed by atoms with Gasteiger partial charge in [0, 0.05) is 25.4 Å². The Morgan fingerprint density at radius 3 is 2.33 bits per heavy atom. The second-order valence-electron chi connectivity index (χ2n) is 4.96. The first-order chi connectivity index (χ1) is 9.97. The fourth-order valence-corrected chi connectivity index (χ4v) is 4.45. The van der Waals surface area contributed by atoms with E-state index in [1.54, 1.807) is 30.9 Å². The second-order valence-corrected chi connectivity index (χ2v) is 7.87. The molecule has 1 aromatic carbocycles. The third-order valence-electron chi connectivity index (χ3n) is 3.52. The Labute approximate surface area is 133 Å². The minimum Gasteiger partial charge on any atom is -0.313 e. The van der Waals surface area contributed by atoms with Crippen LogP contribution in [0.2, 0.25) is 0 Å². The highest BCUT2D eigenvalue weighted by Gasteiger charge is 2.26. The van der Waals surface area contributed by atoms with Gasteiger partial charge in [-0.25, -0.2) is 8.42 Å². The Bertz CT molecular complexity index is 515. The van der Waals surface area contributed by atoms with E-state index >= 15 is 0 Å². The number of thioether (sulfide) groups is 1. The summed E-state index contributed by atoms with van der Waals surface area (Å²) in [7, 11) is -1.74. The van der Waals surface area contributed by atoms with Crippen LogP contribution in [0.15, 0.2) is 29.2 Å². The summed E-state index contributed by atoms with van der Waals surface area (Å²) in [5.74, 6) is 0.810. The van der Waals surface area contributed by atoms with Crippen LogP contribution in [0.1, 0.15) is 25.8 Å². The molecule has 0 aliphatic carbocycles. The quantitative estimate of drug-likeness (QED) is 0.756. The van der Waals surface area contributed by atoms with Crippen LogP contribution in [0, 0.1) is 0 Å². The number of sulfonamides is 1. The van der Waals surface area contributed by atoms with Crippen molar-refractivity contribution < 1.29 is 8.42 Å². The van der Waals surface area contributed by atoms with E-state index in [1.807, 2.05) is 32.2 Å². The zero-order valence-corrected chi connectivity index (χ0v) is 14.9. The molecular weight excluding hydrogens is 304 g/mol. The molecule has 0 amide bonds. The minimum atomic E-state index is -3.41. The van der Waals surface area contributed by atoms with Gasteiger partial charge in [-0.1, -0.05) is 26.0 Å². The van der Waals surface area contributed by atoms with Crippen molar-refractivity contribution in [1.29, 1.82) is 0 Å². The fraction of sp³-hybridized carbons (Fsp3) is 0.600. The summed E-state index contributed by atoms with van der Waals surface area (Å²) >= 11 is 1.67. The first-order valence-electron chi connectivity index (χ1n) is 7.24. The van der Waals surface area contributed by atoms with Gasteiger partial charge in [-0.3, -0.25) is 0 Å². The van der Waals surface area contributed by atoms with Crippen molar-refractivity contribution in [3.63, 3.8) is 0 Å². The van der Waals surface area contributed by atoms with E-state index in [1.165, 1.54) is 4.31 Å². The van der Waals surface area contributed by atoms with Crippen LogP contribution in [0.3, 0.4) is 0 Å². The highest BCUT2D eigenvalue weighted by Crippen LogP contribution is 2.20. The highest BCUT2D eigenvalue weighted by molar-refractivity contribution is 7.98. The highest BCUT2D eigenvalue weighted by atomic mass is 32.2. The zero-order chi connectivity index (χ0) is 15.9. The van der Waals surface area contributed by atoms with Crippen molar-refractivity contribution in [3.8, 4) is 0 Å². The average Bonchev–Trinajstić information content (AvgIpc) is 2.50. The normalized spacial score (nSPS) is 13.6. The summed E-state index contributed by atoms with van der Waals surface area (Å²) in [6.45, 7) is 5.73. The Hall–Kier alpha value is -0.560. The molecule has 1 rings (SSSR count). The van der Waals surface area contributed by atoms with Gasteiger partial charge in [0.2, 0.25) is 10.0 Å². The third kappa shape index (κ3) is 4.98. The van der Waals surface area contributed by atoms with Crippen molar-refractivity contribution in [1.82, 2.24) is 9.62 Å². The van der Waals surface area contributed by atoms with Crippen LogP contribution < -0.4 is 5.32 Å². The van der Waals surface area contributed by atoms with Crippen molar-refractivity contribution in [2.75, 3.05) is 25.6 Å². The van der Waals surface area contributed by atoms with Crippen molar-refractivity contribution in [3.05, 3.63) is 29.8 Å². The Kier molecular flexibility index (Phi) is 7.73. The van der Waals surface area contributed by atoms with Crippen LogP contribution in [0.4, 0.5) is 0 Å². The van der Waals surface area contributed by atoms with E-state index in [0.717, 1.165) is 30.8 Å². The van der Waals surface area contributed by atoms with E-state index in [0.29, 0.717) is 4.90 Å². The maximum Gasteiger partial charge on any atom is 0.243 e. The summed E-state index contributed by atoms with van der Waals surface area (Å²) in [5, 5.41) is 3.23. The summed E-state index contributed by atoms with van der Waals surface area (Å²) in [5.41, 5.74) is 1.09. The SMILES string of the molecule is CCNCc1ccc(S(=O)(=O)N(C)C(CC)CSC)cc1. The zero-order valence-electron chi connectivity index (χ0n) is 13.3. The van der Waals surface area contributed by atoms with Crippen LogP contribution in [-0.2, 0) is 16.6 Å². The monoisotopic (exact) mass is 330 g/mol. The molecule has 1 atom stereocenters. The van der Waals surface area contributed by atoms with Crippen molar-refractivity contribution >= 4 is 21.8 Å². The lowest BCUT2D eigenvalue weighted by molar-refractivity contribution is 0.385. The minimum absolute atomic E-state index is 0.0337. The van der Waals surface area contributed by atoms with E-state index in [4.69, 9.17) is 0 Å². The molecule has 0 aliphatic heterocycles. The molecule has 0 aromatic heterocycles. The smallest absolute Gasteiger partial charge is 0.243 e. The Morgan fingerprint density at radius 2 is 1.86 bits per heavy atom. The van der Waals surface area contributed by atoms with Gasteiger partial charge in [0.25, 0.3) is 0 Å². The number of nitrogens with one attached hydrogen (secondary N) is 1. The molecule has 6 heteroatoms. The molecule has 0 fully saturated rings. The van der Waals surface area contributed by atoms with Crippen molar-refractivity contribution in [2.45, 2.75) is 37.8 Å². The molecule has 0 saturated carbocycles. The number of hydrogen-bond donors (Lipinski definition) is 1. The second kappa shape index (κ2) is 8.78. The molecule has 0 heterocycles. The average molecular weight is 331 g/mol. The summed E-state index contributed by atoms with van der Waals surface area (Å²) in [6.07, 6.45) is 2.81. The number of rotatable bonds is 9. The predicted octanol–water partition coefficient (Wildman–Crippen LogP) is 2.56. The maximum absolute atomic E-state index is 12.6. The van der Waals surface area contributed by atoms with Gasteiger partial charge >= 0.3 is 0 Å². The largest absolute Gasteiger partial charge is 0.313 e. The van der Waals surface area contributed by atoms with E-state index in [2.05, 4.69) is 5.32 Å².